The summed E-state index contributed by atoms with van der Waals surface area (Å²) >= 11 is 0. The maximum absolute atomic E-state index is 12.7. The highest BCUT2D eigenvalue weighted by Gasteiger charge is 2.51. The molecule has 0 radical (unpaired) electrons. The number of carboxylic acids is 1. The second kappa shape index (κ2) is 7.33. The van der Waals surface area contributed by atoms with Crippen LogP contribution in [0.1, 0.15) is 48.9 Å². The minimum atomic E-state index is -1.11. The van der Waals surface area contributed by atoms with Crippen molar-refractivity contribution in [2.24, 2.45) is 23.7 Å². The molecule has 1 saturated heterocycles. The predicted octanol–water partition coefficient (Wildman–Crippen LogP) is 1.66. The van der Waals surface area contributed by atoms with Crippen molar-refractivity contribution >= 4 is 23.5 Å². The Hall–Kier alpha value is -2.37. The normalized spacial score (nSPS) is 29.6. The van der Waals surface area contributed by atoms with E-state index in [1.54, 1.807) is 24.3 Å². The number of carbonyl (C=O) groups is 3. The van der Waals surface area contributed by atoms with Crippen LogP contribution in [0, 0.1) is 23.7 Å². The van der Waals surface area contributed by atoms with Crippen LogP contribution in [-0.2, 0) is 9.59 Å². The van der Waals surface area contributed by atoms with Crippen molar-refractivity contribution in [3.05, 3.63) is 29.8 Å². The first-order chi connectivity index (χ1) is 13.0. The lowest BCUT2D eigenvalue weighted by Gasteiger charge is -2.30. The van der Waals surface area contributed by atoms with E-state index in [2.05, 4.69) is 5.32 Å². The molecule has 2 bridgehead atoms. The molecule has 3 aliphatic rings. The Morgan fingerprint density at radius 2 is 1.56 bits per heavy atom. The van der Waals surface area contributed by atoms with Crippen LogP contribution >= 0.6 is 0 Å². The van der Waals surface area contributed by atoms with E-state index in [0.29, 0.717) is 11.3 Å². The Labute approximate surface area is 158 Å². The van der Waals surface area contributed by atoms with Gasteiger partial charge in [0.25, 0.3) is 5.91 Å². The summed E-state index contributed by atoms with van der Waals surface area (Å²) in [6, 6.07) is 6.89. The third-order valence-corrected chi connectivity index (χ3v) is 6.53. The van der Waals surface area contributed by atoms with Gasteiger partial charge in [-0.15, -0.1) is 0 Å². The number of fused-ring (bicyclic) bond motifs is 2. The predicted molar refractivity (Wildman–Crippen MR) is 97.6 cm³/mol. The van der Waals surface area contributed by atoms with Crippen LogP contribution < -0.4 is 10.4 Å². The molecule has 4 rings (SSSR count). The van der Waals surface area contributed by atoms with Crippen LogP contribution in [-0.4, -0.2) is 35.8 Å². The van der Waals surface area contributed by atoms with Gasteiger partial charge in [-0.2, -0.15) is 0 Å². The molecule has 0 spiro atoms. The molecule has 6 heteroatoms. The molecule has 1 aromatic rings. The molecule has 1 N–H and O–H groups in total. The summed E-state index contributed by atoms with van der Waals surface area (Å²) in [5, 5.41) is 14.3. The lowest BCUT2D eigenvalue weighted by Crippen LogP contribution is -2.43. The first kappa shape index (κ1) is 18.0. The number of likely N-dealkylation sites (tertiary alicyclic amines) is 1. The van der Waals surface area contributed by atoms with Gasteiger partial charge in [0.15, 0.2) is 0 Å². The number of amides is 2. The molecule has 1 aliphatic heterocycles. The van der Waals surface area contributed by atoms with E-state index < -0.39 is 17.8 Å². The van der Waals surface area contributed by atoms with Crippen molar-refractivity contribution in [1.29, 1.82) is 0 Å². The topological polar surface area (TPSA) is 89.5 Å². The van der Waals surface area contributed by atoms with Gasteiger partial charge in [-0.25, -0.2) is 0 Å². The monoisotopic (exact) mass is 369 g/mol. The fourth-order valence-corrected chi connectivity index (χ4v) is 5.21. The molecule has 4 atom stereocenters. The van der Waals surface area contributed by atoms with E-state index >= 15 is 0 Å². The largest absolute Gasteiger partial charge is 0.550 e. The number of carboxylic acid groups (broad SMARTS) is 1. The minimum absolute atomic E-state index is 0.0256. The molecule has 144 valence electrons. The van der Waals surface area contributed by atoms with Crippen molar-refractivity contribution in [2.75, 3.05) is 18.4 Å². The van der Waals surface area contributed by atoms with Gasteiger partial charge in [0.05, 0.1) is 0 Å². The van der Waals surface area contributed by atoms with Crippen molar-refractivity contribution in [2.45, 2.75) is 38.5 Å². The summed E-state index contributed by atoms with van der Waals surface area (Å²) in [6.07, 6.45) is 5.85. The second-order valence-electron chi connectivity index (χ2n) is 8.12. The molecule has 1 heterocycles. The van der Waals surface area contributed by atoms with Gasteiger partial charge in [0, 0.05) is 42.1 Å². The molecule has 1 aromatic carbocycles. The van der Waals surface area contributed by atoms with Gasteiger partial charge in [0.2, 0.25) is 5.91 Å². The second-order valence-corrected chi connectivity index (χ2v) is 8.12. The number of benzene rings is 1. The van der Waals surface area contributed by atoms with Gasteiger partial charge < -0.3 is 20.1 Å². The average Bonchev–Trinajstić information content (AvgIpc) is 3.30. The van der Waals surface area contributed by atoms with Gasteiger partial charge >= 0.3 is 0 Å². The van der Waals surface area contributed by atoms with Gasteiger partial charge in [-0.1, -0.05) is 0 Å². The molecule has 2 amide bonds. The number of nitrogens with zero attached hydrogens (tertiary/aromatic N) is 1. The maximum Gasteiger partial charge on any atom is 0.253 e. The summed E-state index contributed by atoms with van der Waals surface area (Å²) in [4.78, 5) is 38.6. The first-order valence-corrected chi connectivity index (χ1v) is 9.95. The van der Waals surface area contributed by atoms with Gasteiger partial charge in [0.1, 0.15) is 0 Å². The summed E-state index contributed by atoms with van der Waals surface area (Å²) in [6.45, 7) is 1.60. The SMILES string of the molecule is O=C([O-])[C@H]1[C@H]2CC[C@H](C2)[C@@H]1C(=O)Nc1ccc(C(=O)N2CCCCC2)cc1. The van der Waals surface area contributed by atoms with E-state index in [-0.39, 0.29) is 23.7 Å². The van der Waals surface area contributed by atoms with Crippen LogP contribution in [0.25, 0.3) is 0 Å². The zero-order chi connectivity index (χ0) is 19.0. The Bertz CT molecular complexity index is 739. The van der Waals surface area contributed by atoms with Crippen LogP contribution in [0.15, 0.2) is 24.3 Å². The van der Waals surface area contributed by atoms with E-state index in [9.17, 15) is 19.5 Å². The molecule has 2 aliphatic carbocycles. The third-order valence-electron chi connectivity index (χ3n) is 6.53. The summed E-state index contributed by atoms with van der Waals surface area (Å²) in [5.74, 6) is -2.31. The first-order valence-electron chi connectivity index (χ1n) is 9.95. The van der Waals surface area contributed by atoms with Crippen LogP contribution in [0.5, 0.6) is 0 Å². The van der Waals surface area contributed by atoms with Crippen molar-refractivity contribution in [3.63, 3.8) is 0 Å². The van der Waals surface area contributed by atoms with Crippen molar-refractivity contribution < 1.29 is 19.5 Å². The number of hydrogen-bond acceptors (Lipinski definition) is 4. The molecular formula is C21H25N2O4-. The lowest BCUT2D eigenvalue weighted by atomic mass is 9.78. The zero-order valence-corrected chi connectivity index (χ0v) is 15.4. The molecule has 2 saturated carbocycles. The fraction of sp³-hybridized carbons (Fsp3) is 0.571. The van der Waals surface area contributed by atoms with Crippen LogP contribution in [0.2, 0.25) is 0 Å². The van der Waals surface area contributed by atoms with Crippen LogP contribution in [0.4, 0.5) is 5.69 Å². The zero-order valence-electron chi connectivity index (χ0n) is 15.4. The Balaban J connectivity index is 1.41. The molecular weight excluding hydrogens is 344 g/mol. The van der Waals surface area contributed by atoms with Gasteiger partial charge in [-0.3, -0.25) is 9.59 Å². The standard InChI is InChI=1S/C21H26N2O4/c24-19(17-14-4-5-15(12-14)18(17)21(26)27)22-16-8-6-13(7-9-16)20(25)23-10-2-1-3-11-23/h6-9,14-15,17-18H,1-5,10-12H2,(H,22,24)(H,26,27)/p-1/t14-,15+,17+,18+/m1/s1. The van der Waals surface area contributed by atoms with Crippen molar-refractivity contribution in [3.8, 4) is 0 Å². The molecule has 27 heavy (non-hydrogen) atoms. The molecule has 0 aromatic heterocycles. The Morgan fingerprint density at radius 3 is 2.19 bits per heavy atom. The Morgan fingerprint density at radius 1 is 0.926 bits per heavy atom. The molecule has 3 fully saturated rings. The highest BCUT2D eigenvalue weighted by Crippen LogP contribution is 2.52. The van der Waals surface area contributed by atoms with Crippen LogP contribution in [0.3, 0.4) is 0 Å². The van der Waals surface area contributed by atoms with E-state index in [1.807, 2.05) is 4.90 Å². The number of rotatable bonds is 4. The number of piperidine rings is 1. The number of anilines is 1. The smallest absolute Gasteiger partial charge is 0.253 e. The number of carbonyl (C=O) groups excluding carboxylic acids is 3. The number of hydrogen-bond donors (Lipinski definition) is 1. The quantitative estimate of drug-likeness (QED) is 0.874. The van der Waals surface area contributed by atoms with E-state index in [4.69, 9.17) is 0 Å². The third kappa shape index (κ3) is 3.45. The highest BCUT2D eigenvalue weighted by atomic mass is 16.4. The average molecular weight is 369 g/mol. The van der Waals surface area contributed by atoms with E-state index in [1.165, 1.54) is 6.42 Å². The maximum atomic E-state index is 12.7. The summed E-state index contributed by atoms with van der Waals surface area (Å²) < 4.78 is 0. The summed E-state index contributed by atoms with van der Waals surface area (Å²) in [7, 11) is 0. The summed E-state index contributed by atoms with van der Waals surface area (Å²) in [5.41, 5.74) is 1.21. The number of nitrogens with one attached hydrogen (secondary N) is 1. The minimum Gasteiger partial charge on any atom is -0.550 e. The van der Waals surface area contributed by atoms with E-state index in [0.717, 1.165) is 45.2 Å². The Kier molecular flexibility index (Phi) is 4.89. The highest BCUT2D eigenvalue weighted by molar-refractivity contribution is 5.97. The van der Waals surface area contributed by atoms with Crippen molar-refractivity contribution in [1.82, 2.24) is 4.90 Å². The number of aliphatic carboxylic acids is 1. The lowest BCUT2D eigenvalue weighted by molar-refractivity contribution is -0.314. The van der Waals surface area contributed by atoms with Gasteiger partial charge in [-0.05, 0) is 74.6 Å². The fourth-order valence-electron chi connectivity index (χ4n) is 5.21. The molecule has 6 nitrogen and oxygen atoms in total. The molecule has 0 unspecified atom stereocenters.